The van der Waals surface area contributed by atoms with Crippen molar-refractivity contribution in [2.75, 3.05) is 33.4 Å². The van der Waals surface area contributed by atoms with Crippen LogP contribution in [0, 0.1) is 5.82 Å². The fourth-order valence-corrected chi connectivity index (χ4v) is 6.93. The smallest absolute Gasteiger partial charge is 0.257 e. The molecular weight excluding hydrogens is 613 g/mol. The summed E-state index contributed by atoms with van der Waals surface area (Å²) < 4.78 is 45.8. The van der Waals surface area contributed by atoms with Crippen LogP contribution in [0.25, 0.3) is 0 Å². The van der Waals surface area contributed by atoms with E-state index in [0.29, 0.717) is 41.7 Å². The molecule has 0 spiro atoms. The zero-order valence-corrected chi connectivity index (χ0v) is 26.0. The van der Waals surface area contributed by atoms with Crippen LogP contribution < -0.4 is 0 Å². The summed E-state index contributed by atoms with van der Waals surface area (Å²) in [5.74, 6) is -1.13. The van der Waals surface area contributed by atoms with Gasteiger partial charge in [-0.15, -0.1) is 0 Å². The van der Waals surface area contributed by atoms with E-state index in [1.807, 2.05) is 11.9 Å². The highest BCUT2D eigenvalue weighted by Crippen LogP contribution is 2.52. The maximum absolute atomic E-state index is 16.8. The van der Waals surface area contributed by atoms with Crippen LogP contribution in [-0.2, 0) is 27.3 Å². The topological polar surface area (TPSA) is 88.0 Å². The molecule has 1 aromatic heterocycles. The molecule has 3 aromatic rings. The molecule has 1 amide bonds. The molecule has 1 N–H and O–H groups in total. The van der Waals surface area contributed by atoms with Crippen molar-refractivity contribution in [1.82, 2.24) is 19.8 Å². The van der Waals surface area contributed by atoms with E-state index in [1.54, 1.807) is 31.2 Å². The summed E-state index contributed by atoms with van der Waals surface area (Å²) in [6, 6.07) is 9.22. The number of carbonyl (C=O) groups excluding carboxylic acids is 1. The summed E-state index contributed by atoms with van der Waals surface area (Å²) in [6.07, 6.45) is 3.00. The van der Waals surface area contributed by atoms with E-state index in [0.717, 1.165) is 6.07 Å². The van der Waals surface area contributed by atoms with Crippen molar-refractivity contribution in [2.45, 2.75) is 62.3 Å². The second-order valence-electron chi connectivity index (χ2n) is 11.8. The molecule has 0 saturated carbocycles. The number of nitrogens with zero attached hydrogens (tertiary/aromatic N) is 4. The van der Waals surface area contributed by atoms with Crippen molar-refractivity contribution in [3.63, 3.8) is 0 Å². The first kappa shape index (κ1) is 31.3. The number of alkyl halides is 1. The predicted octanol–water partition coefficient (Wildman–Crippen LogP) is 5.62. The second kappa shape index (κ2) is 11.9. The van der Waals surface area contributed by atoms with Crippen LogP contribution in [0.4, 0.5) is 8.78 Å². The number of fused-ring (bicyclic) bond motifs is 1. The molecule has 1 unspecified atom stereocenters. The number of ether oxygens (including phenoxy) is 2. The largest absolute Gasteiger partial charge is 0.382 e. The third-order valence-corrected chi connectivity index (χ3v) is 9.68. The van der Waals surface area contributed by atoms with Gasteiger partial charge in [0.2, 0.25) is 5.72 Å². The average Bonchev–Trinajstić information content (AvgIpc) is 3.61. The van der Waals surface area contributed by atoms with Gasteiger partial charge in [-0.2, -0.15) is 0 Å². The average molecular weight is 648 g/mol. The van der Waals surface area contributed by atoms with Gasteiger partial charge in [0.15, 0.2) is 0 Å². The Morgan fingerprint density at radius 1 is 1.14 bits per heavy atom. The number of amides is 1. The summed E-state index contributed by atoms with van der Waals surface area (Å²) in [7, 11) is 1.89. The molecule has 234 valence electrons. The molecule has 0 radical (unpaired) electrons. The monoisotopic (exact) mass is 646 g/mol. The number of aromatic nitrogens is 2. The van der Waals surface area contributed by atoms with Gasteiger partial charge in [-0.25, -0.2) is 18.7 Å². The fraction of sp³-hybridized carbons (Fsp3) is 0.469. The summed E-state index contributed by atoms with van der Waals surface area (Å²) >= 11 is 12.3. The number of aliphatic hydroxyl groups is 1. The van der Waals surface area contributed by atoms with Gasteiger partial charge in [-0.05, 0) is 62.6 Å². The third kappa shape index (κ3) is 5.19. The van der Waals surface area contributed by atoms with Crippen molar-refractivity contribution in [3.8, 4) is 0 Å². The van der Waals surface area contributed by atoms with Crippen molar-refractivity contribution >= 4 is 29.1 Å². The van der Waals surface area contributed by atoms with Gasteiger partial charge in [0.25, 0.3) is 5.91 Å². The SMILES string of the molecule is CCC(O)(c1cc(F)c2c(c1)C(=O)N(Cc1ncc(Cl)cn1)[C@@]2(O[C@H]1CCOC1)c1ccc(Cl)cc1)C1(F)CCN(C)CC1. The van der Waals surface area contributed by atoms with Crippen molar-refractivity contribution in [2.24, 2.45) is 0 Å². The van der Waals surface area contributed by atoms with Crippen molar-refractivity contribution in [3.05, 3.63) is 92.7 Å². The maximum Gasteiger partial charge on any atom is 0.257 e. The molecule has 3 aliphatic heterocycles. The quantitative estimate of drug-likeness (QED) is 0.340. The minimum absolute atomic E-state index is 0.00968. The summed E-state index contributed by atoms with van der Waals surface area (Å²) in [5.41, 5.74) is -5.43. The predicted molar refractivity (Wildman–Crippen MR) is 161 cm³/mol. The van der Waals surface area contributed by atoms with E-state index in [1.165, 1.54) is 23.4 Å². The lowest BCUT2D eigenvalue weighted by Crippen LogP contribution is -2.54. The van der Waals surface area contributed by atoms with Gasteiger partial charge >= 0.3 is 0 Å². The van der Waals surface area contributed by atoms with Crippen LogP contribution in [-0.4, -0.2) is 75.9 Å². The minimum Gasteiger partial charge on any atom is -0.382 e. The zero-order chi connectivity index (χ0) is 31.3. The molecule has 6 rings (SSSR count). The summed E-state index contributed by atoms with van der Waals surface area (Å²) in [6.45, 7) is 3.08. The third-order valence-electron chi connectivity index (χ3n) is 9.23. The van der Waals surface area contributed by atoms with Crippen molar-refractivity contribution < 1.29 is 28.2 Å². The summed E-state index contributed by atoms with van der Waals surface area (Å²) in [4.78, 5) is 26.4. The fourth-order valence-electron chi connectivity index (χ4n) is 6.71. The lowest BCUT2D eigenvalue weighted by Gasteiger charge is -2.46. The normalized spacial score (nSPS) is 24.8. The molecule has 44 heavy (non-hydrogen) atoms. The zero-order valence-electron chi connectivity index (χ0n) is 24.5. The summed E-state index contributed by atoms with van der Waals surface area (Å²) in [5, 5.41) is 12.7. The molecule has 3 aliphatic rings. The Kier molecular flexibility index (Phi) is 8.45. The minimum atomic E-state index is -2.03. The van der Waals surface area contributed by atoms with Gasteiger partial charge in [0.1, 0.15) is 22.9 Å². The van der Waals surface area contributed by atoms with Crippen LogP contribution in [0.5, 0.6) is 0 Å². The first-order chi connectivity index (χ1) is 21.0. The highest BCUT2D eigenvalue weighted by Gasteiger charge is 2.58. The Morgan fingerprint density at radius 3 is 2.43 bits per heavy atom. The van der Waals surface area contributed by atoms with Crippen LogP contribution in [0.1, 0.15) is 65.5 Å². The van der Waals surface area contributed by atoms with Gasteiger partial charge in [-0.3, -0.25) is 9.69 Å². The number of hydrogen-bond acceptors (Lipinski definition) is 7. The van der Waals surface area contributed by atoms with E-state index in [4.69, 9.17) is 32.7 Å². The van der Waals surface area contributed by atoms with Crippen LogP contribution >= 0.6 is 23.2 Å². The molecule has 2 saturated heterocycles. The first-order valence-corrected chi connectivity index (χ1v) is 15.5. The standard InChI is InChI=1S/C32H34Cl2F2N4O4/c1-3-31(42,30(36)9-11-39(2)12-10-30)21-14-25-28(26(35)15-21)32(44-24-8-13-43-19-24,20-4-6-22(33)7-5-20)40(29(25)41)18-27-37-16-23(34)17-38-27/h4-7,14-17,24,42H,3,8-13,18-19H2,1-2H3/t24-,31?,32+/m0/s1. The molecule has 3 atom stereocenters. The number of piperidine rings is 1. The van der Waals surface area contributed by atoms with E-state index in [2.05, 4.69) is 9.97 Å². The van der Waals surface area contributed by atoms with Crippen LogP contribution in [0.2, 0.25) is 10.0 Å². The van der Waals surface area contributed by atoms with Crippen LogP contribution in [0.3, 0.4) is 0 Å². The highest BCUT2D eigenvalue weighted by molar-refractivity contribution is 6.30. The van der Waals surface area contributed by atoms with Crippen molar-refractivity contribution in [1.29, 1.82) is 0 Å². The van der Waals surface area contributed by atoms with Gasteiger partial charge < -0.3 is 19.5 Å². The number of rotatable bonds is 8. The Labute approximate surface area is 264 Å². The van der Waals surface area contributed by atoms with Crippen LogP contribution in [0.15, 0.2) is 48.8 Å². The number of hydrogen-bond donors (Lipinski definition) is 1. The van der Waals surface area contributed by atoms with Gasteiger partial charge in [0, 0.05) is 42.7 Å². The lowest BCUT2D eigenvalue weighted by atomic mass is 9.71. The molecule has 0 bridgehead atoms. The Morgan fingerprint density at radius 2 is 1.82 bits per heavy atom. The Hall–Kier alpha value is -2.73. The number of halogens is 4. The molecular formula is C32H34Cl2F2N4O4. The van der Waals surface area contributed by atoms with E-state index in [-0.39, 0.29) is 54.9 Å². The van der Waals surface area contributed by atoms with Gasteiger partial charge in [0.05, 0.1) is 35.4 Å². The number of benzene rings is 2. The van der Waals surface area contributed by atoms with Gasteiger partial charge in [-0.1, -0.05) is 42.3 Å². The van der Waals surface area contributed by atoms with E-state index < -0.39 is 34.8 Å². The molecule has 2 fully saturated rings. The lowest BCUT2D eigenvalue weighted by molar-refractivity contribution is -0.149. The van der Waals surface area contributed by atoms with E-state index in [9.17, 15) is 9.90 Å². The Balaban J connectivity index is 1.55. The number of carbonyl (C=O) groups is 1. The Bertz CT molecular complexity index is 1530. The second-order valence-corrected chi connectivity index (χ2v) is 12.7. The molecule has 8 nitrogen and oxygen atoms in total. The number of likely N-dealkylation sites (tertiary alicyclic amines) is 1. The molecule has 12 heteroatoms. The first-order valence-electron chi connectivity index (χ1n) is 14.7. The molecule has 0 aliphatic carbocycles. The maximum atomic E-state index is 16.8. The highest BCUT2D eigenvalue weighted by atomic mass is 35.5. The van der Waals surface area contributed by atoms with E-state index >= 15 is 8.78 Å². The molecule has 2 aromatic carbocycles. The molecule has 4 heterocycles.